The fraction of sp³-hybridized carbons (Fsp3) is 0.250. The van der Waals surface area contributed by atoms with Gasteiger partial charge in [0.25, 0.3) is 0 Å². The van der Waals surface area contributed by atoms with E-state index in [-0.39, 0.29) is 10.9 Å². The highest BCUT2D eigenvalue weighted by molar-refractivity contribution is 8.15. The first-order valence-electron chi connectivity index (χ1n) is 5.69. The molecule has 1 saturated heterocycles. The van der Waals surface area contributed by atoms with E-state index in [0.717, 1.165) is 23.9 Å². The van der Waals surface area contributed by atoms with E-state index in [2.05, 4.69) is 10.3 Å². The van der Waals surface area contributed by atoms with Crippen LogP contribution < -0.4 is 10.4 Å². The molecule has 1 aliphatic rings. The number of thioether (sulfide) groups is 1. The quantitative estimate of drug-likeness (QED) is 0.904. The van der Waals surface area contributed by atoms with E-state index in [9.17, 15) is 27.9 Å². The number of carbonyl (C=O) groups excluding carboxylic acids is 2. The topological polar surface area (TPSA) is 81.6 Å². The summed E-state index contributed by atoms with van der Waals surface area (Å²) in [4.78, 5) is 25.8. The van der Waals surface area contributed by atoms with E-state index >= 15 is 0 Å². The van der Waals surface area contributed by atoms with Gasteiger partial charge in [0.05, 0.1) is 16.5 Å². The van der Waals surface area contributed by atoms with Crippen LogP contribution in [0.1, 0.15) is 12.0 Å². The summed E-state index contributed by atoms with van der Waals surface area (Å²) in [7, 11) is 0. The van der Waals surface area contributed by atoms with E-state index in [4.69, 9.17) is 0 Å². The summed E-state index contributed by atoms with van der Waals surface area (Å²) in [6.45, 7) is 0. The highest BCUT2D eigenvalue weighted by Crippen LogP contribution is 2.32. The number of nitrogens with zero attached hydrogens (tertiary/aromatic N) is 1. The maximum atomic E-state index is 12.6. The Kier molecular flexibility index (Phi) is 4.21. The van der Waals surface area contributed by atoms with Gasteiger partial charge < -0.3 is 15.2 Å². The minimum atomic E-state index is -4.49. The predicted molar refractivity (Wildman–Crippen MR) is 67.7 cm³/mol. The Morgan fingerprint density at radius 1 is 1.43 bits per heavy atom. The van der Waals surface area contributed by atoms with Crippen LogP contribution in [-0.4, -0.2) is 22.3 Å². The Bertz CT molecular complexity index is 616. The van der Waals surface area contributed by atoms with E-state index in [1.807, 2.05) is 0 Å². The smallest absolute Gasteiger partial charge is 0.416 e. The van der Waals surface area contributed by atoms with E-state index < -0.39 is 35.3 Å². The molecule has 1 heterocycles. The minimum Gasteiger partial charge on any atom is -0.550 e. The van der Waals surface area contributed by atoms with Gasteiger partial charge in [0.15, 0.2) is 5.17 Å². The second kappa shape index (κ2) is 5.76. The zero-order valence-electron chi connectivity index (χ0n) is 10.3. The normalized spacial score (nSPS) is 20.6. The number of halogens is 3. The first-order chi connectivity index (χ1) is 9.75. The molecule has 0 saturated carbocycles. The van der Waals surface area contributed by atoms with Gasteiger partial charge in [-0.25, -0.2) is 4.99 Å². The van der Waals surface area contributed by atoms with Crippen LogP contribution in [0.25, 0.3) is 0 Å². The zero-order chi connectivity index (χ0) is 15.6. The van der Waals surface area contributed by atoms with Crippen molar-refractivity contribution >= 4 is 34.5 Å². The number of amidine groups is 1. The lowest BCUT2D eigenvalue weighted by atomic mass is 10.2. The fourth-order valence-corrected chi connectivity index (χ4v) is 2.59. The van der Waals surface area contributed by atoms with Gasteiger partial charge in [-0.1, -0.05) is 17.8 Å². The number of amides is 1. The number of benzene rings is 1. The van der Waals surface area contributed by atoms with Crippen molar-refractivity contribution < 1.29 is 27.9 Å². The third kappa shape index (κ3) is 3.97. The van der Waals surface area contributed by atoms with Gasteiger partial charge in [-0.15, -0.1) is 0 Å². The lowest BCUT2D eigenvalue weighted by molar-refractivity contribution is -0.305. The van der Waals surface area contributed by atoms with Crippen LogP contribution >= 0.6 is 11.8 Å². The Balaban J connectivity index is 2.18. The molecule has 0 radical (unpaired) electrons. The number of carbonyl (C=O) groups is 2. The summed E-state index contributed by atoms with van der Waals surface area (Å²) in [6.07, 6.45) is -4.97. The number of rotatable bonds is 3. The molecule has 21 heavy (non-hydrogen) atoms. The van der Waals surface area contributed by atoms with Crippen LogP contribution in [0, 0.1) is 0 Å². The number of alkyl halides is 3. The van der Waals surface area contributed by atoms with Crippen LogP contribution in [0.2, 0.25) is 0 Å². The predicted octanol–water partition coefficient (Wildman–Crippen LogP) is 1.06. The Morgan fingerprint density at radius 2 is 2.14 bits per heavy atom. The second-order valence-electron chi connectivity index (χ2n) is 4.14. The number of hydrogen-bond donors (Lipinski definition) is 1. The molecule has 5 nitrogen and oxygen atoms in total. The number of carboxylic acid groups (broad SMARTS) is 1. The van der Waals surface area contributed by atoms with E-state index in [0.29, 0.717) is 0 Å². The van der Waals surface area contributed by atoms with Gasteiger partial charge in [0.2, 0.25) is 5.91 Å². The molecule has 0 unspecified atom stereocenters. The average Bonchev–Trinajstić information content (AvgIpc) is 2.68. The summed E-state index contributed by atoms with van der Waals surface area (Å²) in [5.41, 5.74) is -0.841. The zero-order valence-corrected chi connectivity index (χ0v) is 11.1. The SMILES string of the molecule is O=C([O-])C[C@@H]1SC(=Nc2cccc(C(F)(F)F)c2)NC1=O. The molecule has 2 rings (SSSR count). The van der Waals surface area contributed by atoms with Crippen LogP contribution in [0.4, 0.5) is 18.9 Å². The first kappa shape index (κ1) is 15.4. The molecule has 1 aliphatic heterocycles. The molecule has 9 heteroatoms. The monoisotopic (exact) mass is 317 g/mol. The molecule has 1 N–H and O–H groups in total. The van der Waals surface area contributed by atoms with Crippen molar-refractivity contribution in [3.05, 3.63) is 29.8 Å². The molecule has 1 aromatic carbocycles. The molecule has 112 valence electrons. The first-order valence-corrected chi connectivity index (χ1v) is 6.57. The van der Waals surface area contributed by atoms with Crippen LogP contribution in [0.15, 0.2) is 29.3 Å². The molecular weight excluding hydrogens is 309 g/mol. The third-order valence-corrected chi connectivity index (χ3v) is 3.61. The molecule has 0 spiro atoms. The number of nitrogens with one attached hydrogen (secondary N) is 1. The van der Waals surface area contributed by atoms with Gasteiger partial charge in [0, 0.05) is 12.4 Å². The van der Waals surface area contributed by atoms with Crippen molar-refractivity contribution in [2.24, 2.45) is 4.99 Å². The molecule has 0 aromatic heterocycles. The van der Waals surface area contributed by atoms with Crippen LogP contribution in [0.3, 0.4) is 0 Å². The largest absolute Gasteiger partial charge is 0.550 e. The number of aliphatic imine (C=N–C) groups is 1. The summed E-state index contributed by atoms with van der Waals surface area (Å²) in [6, 6.07) is 4.29. The molecule has 1 amide bonds. The summed E-state index contributed by atoms with van der Waals surface area (Å²) < 4.78 is 37.7. The summed E-state index contributed by atoms with van der Waals surface area (Å²) >= 11 is 0.843. The van der Waals surface area contributed by atoms with E-state index in [1.165, 1.54) is 12.1 Å². The lowest BCUT2D eigenvalue weighted by Crippen LogP contribution is -2.31. The molecule has 1 aromatic rings. The molecule has 0 aliphatic carbocycles. The number of hydrogen-bond acceptors (Lipinski definition) is 5. The van der Waals surface area contributed by atoms with Gasteiger partial charge >= 0.3 is 6.18 Å². The highest BCUT2D eigenvalue weighted by Gasteiger charge is 2.32. The third-order valence-electron chi connectivity index (χ3n) is 2.53. The highest BCUT2D eigenvalue weighted by atomic mass is 32.2. The number of carboxylic acids is 1. The standard InChI is InChI=1S/C12H9F3N2O3S/c13-12(14,15)6-2-1-3-7(4-6)16-11-17-10(20)8(21-11)5-9(18)19/h1-4,8H,5H2,(H,18,19)(H,16,17,20)/p-1/t8-/m0/s1. The maximum Gasteiger partial charge on any atom is 0.416 e. The van der Waals surface area contributed by atoms with Crippen LogP contribution in [0.5, 0.6) is 0 Å². The minimum absolute atomic E-state index is 0.0155. The van der Waals surface area contributed by atoms with Gasteiger partial charge in [-0.3, -0.25) is 4.79 Å². The summed E-state index contributed by atoms with van der Waals surface area (Å²) in [5, 5.41) is 11.9. The van der Waals surface area contributed by atoms with Crippen molar-refractivity contribution in [2.75, 3.05) is 0 Å². The van der Waals surface area contributed by atoms with Crippen molar-refractivity contribution in [3.8, 4) is 0 Å². The Hall–Kier alpha value is -2.03. The van der Waals surface area contributed by atoms with Crippen LogP contribution in [-0.2, 0) is 15.8 Å². The lowest BCUT2D eigenvalue weighted by Gasteiger charge is -2.06. The number of aliphatic carboxylic acids is 1. The van der Waals surface area contributed by atoms with Crippen molar-refractivity contribution in [1.82, 2.24) is 5.32 Å². The van der Waals surface area contributed by atoms with Gasteiger partial charge in [0.1, 0.15) is 0 Å². The van der Waals surface area contributed by atoms with Gasteiger partial charge in [-0.05, 0) is 18.2 Å². The Labute approximate surface area is 121 Å². The fourth-order valence-electron chi connectivity index (χ4n) is 1.61. The average molecular weight is 317 g/mol. The van der Waals surface area contributed by atoms with E-state index in [1.54, 1.807) is 0 Å². The Morgan fingerprint density at radius 3 is 2.76 bits per heavy atom. The van der Waals surface area contributed by atoms with Crippen molar-refractivity contribution in [1.29, 1.82) is 0 Å². The maximum absolute atomic E-state index is 12.6. The molecular formula is C12H8F3N2O3S-. The molecule has 1 atom stereocenters. The van der Waals surface area contributed by atoms with Gasteiger partial charge in [-0.2, -0.15) is 13.2 Å². The second-order valence-corrected chi connectivity index (χ2v) is 5.33. The molecule has 1 fully saturated rings. The van der Waals surface area contributed by atoms with Crippen molar-refractivity contribution in [3.63, 3.8) is 0 Å². The molecule has 0 bridgehead atoms. The summed E-state index contributed by atoms with van der Waals surface area (Å²) in [5.74, 6) is -1.95. The van der Waals surface area contributed by atoms with Crippen molar-refractivity contribution in [2.45, 2.75) is 17.8 Å².